The summed E-state index contributed by atoms with van der Waals surface area (Å²) in [5.74, 6) is 1.39. The highest BCUT2D eigenvalue weighted by Crippen LogP contribution is 2.36. The molecular weight excluding hydrogens is 519 g/mol. The molecule has 14 heteroatoms. The van der Waals surface area contributed by atoms with E-state index in [9.17, 15) is 23.3 Å². The Kier molecular flexibility index (Phi) is 6.41. The number of benzene rings is 1. The number of hydrogen-bond donors (Lipinski definition) is 1. The van der Waals surface area contributed by atoms with Crippen molar-refractivity contribution in [2.24, 2.45) is 11.8 Å². The molecule has 3 aliphatic heterocycles. The van der Waals surface area contributed by atoms with Crippen LogP contribution in [0.4, 0.5) is 30.5 Å². The van der Waals surface area contributed by atoms with Crippen LogP contribution in [0, 0.1) is 22.0 Å². The Hall–Kier alpha value is -4.07. The zero-order chi connectivity index (χ0) is 27.1. The molecule has 3 aromatic rings. The van der Waals surface area contributed by atoms with E-state index in [-0.39, 0.29) is 23.6 Å². The molecule has 2 fully saturated rings. The minimum Gasteiger partial charge on any atom is -0.444 e. The van der Waals surface area contributed by atoms with E-state index in [1.54, 1.807) is 16.7 Å². The fourth-order valence-corrected chi connectivity index (χ4v) is 5.53. The van der Waals surface area contributed by atoms with Crippen molar-refractivity contribution in [3.05, 3.63) is 64.5 Å². The molecule has 0 bridgehead atoms. The number of halogens is 3. The zero-order valence-corrected chi connectivity index (χ0v) is 20.8. The van der Waals surface area contributed by atoms with Gasteiger partial charge in [0.05, 0.1) is 6.04 Å². The van der Waals surface area contributed by atoms with Gasteiger partial charge in [-0.2, -0.15) is 0 Å². The van der Waals surface area contributed by atoms with E-state index in [0.29, 0.717) is 31.5 Å². The first-order valence-electron chi connectivity index (χ1n) is 12.6. The summed E-state index contributed by atoms with van der Waals surface area (Å²) >= 11 is 0. The number of nitro groups is 1. The molecule has 3 atom stereocenters. The number of aromatic nitrogens is 3. The molecule has 39 heavy (non-hydrogen) atoms. The van der Waals surface area contributed by atoms with E-state index in [0.717, 1.165) is 43.2 Å². The van der Waals surface area contributed by atoms with Crippen molar-refractivity contribution < 1.29 is 27.6 Å². The number of nitrogens with one attached hydrogen (secondary N) is 1. The van der Waals surface area contributed by atoms with Crippen molar-refractivity contribution in [3.8, 4) is 11.8 Å². The smallest absolute Gasteiger partial charge is 0.444 e. The average molecular weight is 546 g/mol. The van der Waals surface area contributed by atoms with E-state index in [1.165, 1.54) is 18.3 Å². The molecular formula is C25H26F3N7O4. The van der Waals surface area contributed by atoms with Crippen LogP contribution in [0.15, 0.2) is 48.8 Å². The molecule has 0 saturated carbocycles. The van der Waals surface area contributed by atoms with E-state index >= 15 is 0 Å². The van der Waals surface area contributed by atoms with E-state index in [2.05, 4.69) is 29.8 Å². The number of nitrogens with zero attached hydrogens (tertiary/aromatic N) is 6. The highest BCUT2D eigenvalue weighted by atomic mass is 19.4. The molecule has 0 radical (unpaired) electrons. The highest BCUT2D eigenvalue weighted by Gasteiger charge is 2.40. The summed E-state index contributed by atoms with van der Waals surface area (Å²) in [5.41, 5.74) is 1.91. The van der Waals surface area contributed by atoms with Gasteiger partial charge in [-0.25, -0.2) is 4.98 Å². The van der Waals surface area contributed by atoms with Crippen LogP contribution >= 0.6 is 0 Å². The van der Waals surface area contributed by atoms with Crippen molar-refractivity contribution in [1.29, 1.82) is 0 Å². The minimum absolute atomic E-state index is 0.0137. The highest BCUT2D eigenvalue weighted by molar-refractivity contribution is 5.51. The monoisotopic (exact) mass is 545 g/mol. The second kappa shape index (κ2) is 9.91. The van der Waals surface area contributed by atoms with Gasteiger partial charge < -0.3 is 34.7 Å². The van der Waals surface area contributed by atoms with Crippen molar-refractivity contribution in [2.75, 3.05) is 42.6 Å². The summed E-state index contributed by atoms with van der Waals surface area (Å²) in [5, 5.41) is 14.3. The molecule has 1 aromatic carbocycles. The number of rotatable bonds is 7. The SMILES string of the molecule is O=[N+]([O-])c1cn2c(n1)OC[C@@H](NCc1ccc(N3CC4CN(c5ccc(OC(F)(F)F)cc5)CC4C3)nc1)C2. The van der Waals surface area contributed by atoms with E-state index < -0.39 is 11.3 Å². The maximum Gasteiger partial charge on any atom is 0.573 e. The summed E-state index contributed by atoms with van der Waals surface area (Å²) in [6.07, 6.45) is -1.46. The molecule has 6 rings (SSSR count). The number of alkyl halides is 3. The zero-order valence-electron chi connectivity index (χ0n) is 20.8. The second-order valence-electron chi connectivity index (χ2n) is 10.1. The Labute approximate surface area is 221 Å². The fraction of sp³-hybridized carbons (Fsp3) is 0.440. The van der Waals surface area contributed by atoms with Crippen LogP contribution in [0.25, 0.3) is 0 Å². The third-order valence-electron chi connectivity index (χ3n) is 7.39. The maximum absolute atomic E-state index is 12.4. The second-order valence-corrected chi connectivity index (χ2v) is 10.1. The topological polar surface area (TPSA) is 111 Å². The van der Waals surface area contributed by atoms with Crippen molar-refractivity contribution in [1.82, 2.24) is 19.9 Å². The van der Waals surface area contributed by atoms with Gasteiger partial charge in [-0.05, 0) is 40.8 Å². The number of pyridine rings is 1. The third-order valence-corrected chi connectivity index (χ3v) is 7.39. The lowest BCUT2D eigenvalue weighted by Gasteiger charge is -2.24. The molecule has 2 aromatic heterocycles. The van der Waals surface area contributed by atoms with Gasteiger partial charge in [0.2, 0.25) is 0 Å². The molecule has 2 saturated heterocycles. The largest absolute Gasteiger partial charge is 0.573 e. The lowest BCUT2D eigenvalue weighted by atomic mass is 10.0. The normalized spacial score (nSPS) is 22.4. The molecule has 0 amide bonds. The predicted molar refractivity (Wildman–Crippen MR) is 134 cm³/mol. The lowest BCUT2D eigenvalue weighted by molar-refractivity contribution is -0.389. The summed E-state index contributed by atoms with van der Waals surface area (Å²) < 4.78 is 48.4. The van der Waals surface area contributed by atoms with Gasteiger partial charge in [-0.1, -0.05) is 6.07 Å². The Morgan fingerprint density at radius 1 is 1.05 bits per heavy atom. The molecule has 11 nitrogen and oxygen atoms in total. The van der Waals surface area contributed by atoms with Crippen LogP contribution in [-0.2, 0) is 13.1 Å². The molecule has 5 heterocycles. The third kappa shape index (κ3) is 5.55. The van der Waals surface area contributed by atoms with Gasteiger partial charge in [0.25, 0.3) is 0 Å². The maximum atomic E-state index is 12.4. The predicted octanol–water partition coefficient (Wildman–Crippen LogP) is 3.21. The van der Waals surface area contributed by atoms with Crippen LogP contribution in [0.2, 0.25) is 0 Å². The molecule has 0 aliphatic carbocycles. The Balaban J connectivity index is 0.983. The first-order valence-corrected chi connectivity index (χ1v) is 12.6. The van der Waals surface area contributed by atoms with Gasteiger partial charge in [0.15, 0.2) is 0 Å². The van der Waals surface area contributed by atoms with Gasteiger partial charge in [0, 0.05) is 68.0 Å². The van der Waals surface area contributed by atoms with Crippen molar-refractivity contribution >= 4 is 17.3 Å². The minimum atomic E-state index is -4.69. The molecule has 0 spiro atoms. The summed E-state index contributed by atoms with van der Waals surface area (Å²) in [6.45, 7) is 4.92. The van der Waals surface area contributed by atoms with Gasteiger partial charge in [0.1, 0.15) is 24.4 Å². The van der Waals surface area contributed by atoms with Crippen LogP contribution in [-0.4, -0.2) is 64.6 Å². The molecule has 206 valence electrons. The Bertz CT molecular complexity index is 1320. The van der Waals surface area contributed by atoms with Crippen LogP contribution in [0.5, 0.6) is 11.8 Å². The molecule has 3 aliphatic rings. The lowest BCUT2D eigenvalue weighted by Crippen LogP contribution is -2.41. The van der Waals surface area contributed by atoms with Gasteiger partial charge in [-0.15, -0.1) is 13.2 Å². The quantitative estimate of drug-likeness (QED) is 0.354. The number of imidazole rings is 1. The van der Waals surface area contributed by atoms with Gasteiger partial charge >= 0.3 is 18.2 Å². The number of anilines is 2. The van der Waals surface area contributed by atoms with E-state index in [1.807, 2.05) is 18.3 Å². The van der Waals surface area contributed by atoms with Gasteiger partial charge in [-0.3, -0.25) is 4.57 Å². The van der Waals surface area contributed by atoms with Crippen molar-refractivity contribution in [2.45, 2.75) is 25.5 Å². The van der Waals surface area contributed by atoms with E-state index in [4.69, 9.17) is 4.74 Å². The van der Waals surface area contributed by atoms with Crippen molar-refractivity contribution in [3.63, 3.8) is 0 Å². The first-order chi connectivity index (χ1) is 18.7. The average Bonchev–Trinajstić information content (AvgIpc) is 3.60. The Morgan fingerprint density at radius 3 is 2.41 bits per heavy atom. The van der Waals surface area contributed by atoms with Crippen LogP contribution in [0.1, 0.15) is 5.56 Å². The summed E-state index contributed by atoms with van der Waals surface area (Å²) in [7, 11) is 0. The summed E-state index contributed by atoms with van der Waals surface area (Å²) in [6, 6.07) is 10.4. The number of ether oxygens (including phenoxy) is 2. The standard InChI is InChI=1S/C25H26F3N7O4/c26-25(27,28)39-21-4-2-20(3-5-21)32-9-17-11-33(12-18(17)10-32)22-6-1-16(8-30-22)7-29-19-13-34-14-23(35(36)37)31-24(34)38-15-19/h1-6,8,14,17-19,29H,7,9-13,15H2/t17?,18?,19-/m0/s1. The molecule has 1 N–H and O–H groups in total. The first kappa shape index (κ1) is 25.2. The number of fused-ring (bicyclic) bond motifs is 2. The van der Waals surface area contributed by atoms with Crippen LogP contribution < -0.4 is 24.6 Å². The Morgan fingerprint density at radius 2 is 1.77 bits per heavy atom. The fourth-order valence-electron chi connectivity index (χ4n) is 5.53. The van der Waals surface area contributed by atoms with Crippen LogP contribution in [0.3, 0.4) is 0 Å². The summed E-state index contributed by atoms with van der Waals surface area (Å²) in [4.78, 5) is 23.4. The molecule has 2 unspecified atom stereocenters. The number of hydrogen-bond acceptors (Lipinski definition) is 9.